The molecule has 0 spiro atoms. The van der Waals surface area contributed by atoms with Crippen LogP contribution < -0.4 is 0 Å². The van der Waals surface area contributed by atoms with E-state index in [2.05, 4.69) is 27.8 Å². The number of hydrogen-bond acceptors (Lipinski definition) is 2. The average Bonchev–Trinajstić information content (AvgIpc) is 2.39. The van der Waals surface area contributed by atoms with Crippen LogP contribution in [-0.4, -0.2) is 10.8 Å². The van der Waals surface area contributed by atoms with Gasteiger partial charge in [0.05, 0.1) is 0 Å². The van der Waals surface area contributed by atoms with Crippen LogP contribution in [0.25, 0.3) is 0 Å². The highest BCUT2D eigenvalue weighted by Crippen LogP contribution is 2.31. The van der Waals surface area contributed by atoms with Gasteiger partial charge in [0.15, 0.2) is 0 Å². The first-order valence-electron chi connectivity index (χ1n) is 6.81. The lowest BCUT2D eigenvalue weighted by Crippen LogP contribution is -2.23. The maximum atomic E-state index is 12.2. The quantitative estimate of drug-likeness (QED) is 0.835. The van der Waals surface area contributed by atoms with Gasteiger partial charge in [-0.05, 0) is 59.2 Å². The Morgan fingerprint density at radius 3 is 2.67 bits per heavy atom. The lowest BCUT2D eigenvalue weighted by Gasteiger charge is -2.26. The van der Waals surface area contributed by atoms with E-state index in [1.165, 1.54) is 19.3 Å². The average molecular weight is 310 g/mol. The molecule has 3 heteroatoms. The van der Waals surface area contributed by atoms with Gasteiger partial charge in [-0.15, -0.1) is 0 Å². The number of halogens is 1. The van der Waals surface area contributed by atoms with Gasteiger partial charge in [-0.2, -0.15) is 0 Å². The van der Waals surface area contributed by atoms with Crippen LogP contribution in [0, 0.1) is 11.8 Å². The molecule has 0 N–H and O–H groups in total. The van der Waals surface area contributed by atoms with Crippen LogP contribution in [0.2, 0.25) is 0 Å². The maximum Gasteiger partial charge on any atom is 0.140 e. The normalized spacial score (nSPS) is 23.9. The molecule has 1 saturated carbocycles. The summed E-state index contributed by atoms with van der Waals surface area (Å²) in [5.41, 5.74) is 1.02. The molecule has 0 bridgehead atoms. The van der Waals surface area contributed by atoms with Crippen LogP contribution in [0.1, 0.15) is 44.6 Å². The second kappa shape index (κ2) is 6.46. The van der Waals surface area contributed by atoms with Gasteiger partial charge >= 0.3 is 0 Å². The van der Waals surface area contributed by atoms with Crippen molar-refractivity contribution in [3.05, 3.63) is 28.5 Å². The predicted octanol–water partition coefficient (Wildman–Crippen LogP) is 4.17. The second-order valence-electron chi connectivity index (χ2n) is 5.28. The third kappa shape index (κ3) is 3.64. The zero-order valence-corrected chi connectivity index (χ0v) is 12.4. The summed E-state index contributed by atoms with van der Waals surface area (Å²) in [7, 11) is 0. The van der Waals surface area contributed by atoms with Crippen molar-refractivity contribution in [1.82, 2.24) is 4.98 Å². The first kappa shape index (κ1) is 13.7. The van der Waals surface area contributed by atoms with Crippen LogP contribution in [0.15, 0.2) is 22.9 Å². The summed E-state index contributed by atoms with van der Waals surface area (Å²) in [6, 6.07) is 1.99. The number of Topliss-reactive ketones (excluding diaryl/α,β-unsaturated/α-hetero) is 1. The zero-order chi connectivity index (χ0) is 13.0. The lowest BCUT2D eigenvalue weighted by atomic mass is 9.78. The number of nitrogens with zero attached hydrogens (tertiary/aromatic N) is 1. The van der Waals surface area contributed by atoms with Crippen LogP contribution in [0.4, 0.5) is 0 Å². The van der Waals surface area contributed by atoms with E-state index in [0.29, 0.717) is 12.2 Å². The van der Waals surface area contributed by atoms with E-state index in [-0.39, 0.29) is 5.92 Å². The summed E-state index contributed by atoms with van der Waals surface area (Å²) >= 11 is 3.39. The van der Waals surface area contributed by atoms with E-state index in [1.54, 1.807) is 12.4 Å². The molecule has 18 heavy (non-hydrogen) atoms. The minimum atomic E-state index is 0.284. The molecular formula is C15H20BrNO. The van der Waals surface area contributed by atoms with Crippen LogP contribution in [0.5, 0.6) is 0 Å². The van der Waals surface area contributed by atoms with Crippen molar-refractivity contribution in [2.45, 2.75) is 45.4 Å². The summed E-state index contributed by atoms with van der Waals surface area (Å²) in [5.74, 6) is 1.53. The monoisotopic (exact) mass is 309 g/mol. The molecule has 0 atom stereocenters. The van der Waals surface area contributed by atoms with Gasteiger partial charge in [-0.3, -0.25) is 9.78 Å². The smallest absolute Gasteiger partial charge is 0.140 e. The first-order chi connectivity index (χ1) is 8.69. The van der Waals surface area contributed by atoms with Gasteiger partial charge in [0.25, 0.3) is 0 Å². The molecule has 0 saturated heterocycles. The lowest BCUT2D eigenvalue weighted by molar-refractivity contribution is -0.123. The SMILES string of the molecule is CCC1CCC(C(=O)Cc2cncc(Br)c2)CC1. The molecule has 98 valence electrons. The molecule has 2 nitrogen and oxygen atoms in total. The van der Waals surface area contributed by atoms with Crippen LogP contribution in [0.3, 0.4) is 0 Å². The van der Waals surface area contributed by atoms with Gasteiger partial charge in [0.2, 0.25) is 0 Å². The highest BCUT2D eigenvalue weighted by atomic mass is 79.9. The topological polar surface area (TPSA) is 30.0 Å². The summed E-state index contributed by atoms with van der Waals surface area (Å²) in [6.07, 6.45) is 9.95. The van der Waals surface area contributed by atoms with Gasteiger partial charge < -0.3 is 0 Å². The molecule has 1 heterocycles. The molecule has 0 aliphatic heterocycles. The Kier molecular flexibility index (Phi) is 4.93. The van der Waals surface area contributed by atoms with E-state index in [4.69, 9.17) is 0 Å². The minimum absolute atomic E-state index is 0.284. The van der Waals surface area contributed by atoms with Crippen molar-refractivity contribution < 1.29 is 4.79 Å². The third-order valence-electron chi connectivity index (χ3n) is 4.02. The largest absolute Gasteiger partial charge is 0.299 e. The number of aromatic nitrogens is 1. The molecule has 1 aromatic rings. The summed E-state index contributed by atoms with van der Waals surface area (Å²) in [6.45, 7) is 2.25. The molecule has 0 unspecified atom stereocenters. The number of ketones is 1. The van der Waals surface area contributed by atoms with E-state index >= 15 is 0 Å². The first-order valence-corrected chi connectivity index (χ1v) is 7.60. The van der Waals surface area contributed by atoms with Crippen LogP contribution >= 0.6 is 15.9 Å². The van der Waals surface area contributed by atoms with E-state index in [1.807, 2.05) is 6.07 Å². The summed E-state index contributed by atoms with van der Waals surface area (Å²) in [5, 5.41) is 0. The predicted molar refractivity (Wildman–Crippen MR) is 76.4 cm³/mol. The van der Waals surface area contributed by atoms with Gasteiger partial charge in [-0.25, -0.2) is 0 Å². The van der Waals surface area contributed by atoms with Crippen molar-refractivity contribution in [1.29, 1.82) is 0 Å². The van der Waals surface area contributed by atoms with Gasteiger partial charge in [0.1, 0.15) is 5.78 Å². The molecule has 0 amide bonds. The number of hydrogen-bond donors (Lipinski definition) is 0. The molecule has 1 aliphatic rings. The van der Waals surface area contributed by atoms with Crippen molar-refractivity contribution in [2.75, 3.05) is 0 Å². The maximum absolute atomic E-state index is 12.2. The van der Waals surface area contributed by atoms with Gasteiger partial charge in [0, 0.05) is 29.2 Å². The summed E-state index contributed by atoms with van der Waals surface area (Å²) in [4.78, 5) is 16.3. The Hall–Kier alpha value is -0.700. The van der Waals surface area contributed by atoms with Crippen molar-refractivity contribution >= 4 is 21.7 Å². The molecule has 1 fully saturated rings. The Balaban J connectivity index is 1.89. The van der Waals surface area contributed by atoms with Crippen molar-refractivity contribution in [2.24, 2.45) is 11.8 Å². The number of rotatable bonds is 4. The van der Waals surface area contributed by atoms with E-state index in [0.717, 1.165) is 28.8 Å². The number of pyridine rings is 1. The fourth-order valence-electron chi connectivity index (χ4n) is 2.79. The third-order valence-corrected chi connectivity index (χ3v) is 4.45. The van der Waals surface area contributed by atoms with Crippen molar-refractivity contribution in [3.63, 3.8) is 0 Å². The Labute approximate surface area is 117 Å². The molecule has 0 radical (unpaired) electrons. The standard InChI is InChI=1S/C15H20BrNO/c1-2-11-3-5-13(6-4-11)15(18)8-12-7-14(16)10-17-9-12/h7,9-11,13H,2-6,8H2,1H3. The van der Waals surface area contributed by atoms with E-state index < -0.39 is 0 Å². The van der Waals surface area contributed by atoms with Crippen molar-refractivity contribution in [3.8, 4) is 0 Å². The minimum Gasteiger partial charge on any atom is -0.299 e. The molecule has 0 aromatic carbocycles. The summed E-state index contributed by atoms with van der Waals surface area (Å²) < 4.78 is 0.947. The fourth-order valence-corrected chi connectivity index (χ4v) is 3.20. The highest BCUT2D eigenvalue weighted by Gasteiger charge is 2.25. The van der Waals surface area contributed by atoms with Crippen LogP contribution in [-0.2, 0) is 11.2 Å². The van der Waals surface area contributed by atoms with Gasteiger partial charge in [-0.1, -0.05) is 13.3 Å². The highest BCUT2D eigenvalue weighted by molar-refractivity contribution is 9.10. The Bertz CT molecular complexity index is 411. The number of carbonyl (C=O) groups excluding carboxylic acids is 1. The molecule has 1 aliphatic carbocycles. The fraction of sp³-hybridized carbons (Fsp3) is 0.600. The second-order valence-corrected chi connectivity index (χ2v) is 6.20. The zero-order valence-electron chi connectivity index (χ0n) is 10.9. The Morgan fingerprint density at radius 1 is 1.33 bits per heavy atom. The number of carbonyl (C=O) groups is 1. The van der Waals surface area contributed by atoms with E-state index in [9.17, 15) is 4.79 Å². The Morgan fingerprint density at radius 2 is 2.06 bits per heavy atom. The molecule has 1 aromatic heterocycles. The molecule has 2 rings (SSSR count). The molecular weight excluding hydrogens is 290 g/mol.